The third kappa shape index (κ3) is 2.28. The van der Waals surface area contributed by atoms with Gasteiger partial charge in [0.25, 0.3) is 0 Å². The van der Waals surface area contributed by atoms with Gasteiger partial charge in [0.15, 0.2) is 5.79 Å². The van der Waals surface area contributed by atoms with Crippen LogP contribution in [0.1, 0.15) is 65.2 Å². The summed E-state index contributed by atoms with van der Waals surface area (Å²) in [7, 11) is 0. The van der Waals surface area contributed by atoms with E-state index in [1.54, 1.807) is 11.1 Å². The van der Waals surface area contributed by atoms with Gasteiger partial charge in [0, 0.05) is 12.3 Å². The molecule has 136 valence electrons. The van der Waals surface area contributed by atoms with E-state index < -0.39 is 5.79 Å². The van der Waals surface area contributed by atoms with E-state index in [0.29, 0.717) is 17.6 Å². The van der Waals surface area contributed by atoms with E-state index in [1.807, 2.05) is 6.92 Å². The average Bonchev–Trinajstić information content (AvgIpc) is 3.18. The summed E-state index contributed by atoms with van der Waals surface area (Å²) in [6.45, 7) is 5.69. The molecule has 25 heavy (non-hydrogen) atoms. The van der Waals surface area contributed by atoms with Crippen molar-refractivity contribution in [3.63, 3.8) is 0 Å². The van der Waals surface area contributed by atoms with Gasteiger partial charge in [-0.2, -0.15) is 0 Å². The number of hydrogen-bond acceptors (Lipinski definition) is 3. The maximum atomic E-state index is 12.2. The Morgan fingerprint density at radius 1 is 1.08 bits per heavy atom. The van der Waals surface area contributed by atoms with Gasteiger partial charge >= 0.3 is 0 Å². The fourth-order valence-corrected chi connectivity index (χ4v) is 7.02. The number of ether oxygens (including phenoxy) is 2. The molecule has 0 aromatic heterocycles. The summed E-state index contributed by atoms with van der Waals surface area (Å²) in [4.78, 5) is 12.2. The molecule has 2 saturated carbocycles. The molecule has 5 aliphatic rings. The van der Waals surface area contributed by atoms with E-state index in [1.165, 1.54) is 31.3 Å². The maximum absolute atomic E-state index is 12.2. The minimum atomic E-state index is -0.414. The fourth-order valence-electron chi connectivity index (χ4n) is 7.02. The quantitative estimate of drug-likeness (QED) is 0.700. The third-order valence-electron chi connectivity index (χ3n) is 8.16. The first-order valence-electron chi connectivity index (χ1n) is 10.2. The topological polar surface area (TPSA) is 35.5 Å². The van der Waals surface area contributed by atoms with E-state index in [9.17, 15) is 4.79 Å². The number of allylic oxidation sites excluding steroid dienone is 3. The van der Waals surface area contributed by atoms with Crippen molar-refractivity contribution in [3.05, 3.63) is 22.8 Å². The number of rotatable bonds is 1. The fraction of sp³-hybridized carbons (Fsp3) is 0.773. The highest BCUT2D eigenvalue weighted by molar-refractivity contribution is 5.79. The molecule has 1 saturated heterocycles. The lowest BCUT2D eigenvalue weighted by Gasteiger charge is -2.49. The van der Waals surface area contributed by atoms with Crippen LogP contribution in [0.3, 0.4) is 0 Å². The van der Waals surface area contributed by atoms with E-state index in [0.717, 1.165) is 44.8 Å². The number of carbonyl (C=O) groups is 1. The van der Waals surface area contributed by atoms with Gasteiger partial charge < -0.3 is 9.47 Å². The predicted molar refractivity (Wildman–Crippen MR) is 95.9 cm³/mol. The summed E-state index contributed by atoms with van der Waals surface area (Å²) in [5.74, 6) is 1.75. The van der Waals surface area contributed by atoms with Crippen molar-refractivity contribution >= 4 is 5.78 Å². The van der Waals surface area contributed by atoms with Crippen molar-refractivity contribution < 1.29 is 14.3 Å². The van der Waals surface area contributed by atoms with Crippen molar-refractivity contribution in [2.24, 2.45) is 23.2 Å². The molecule has 0 bridgehead atoms. The van der Waals surface area contributed by atoms with E-state index in [4.69, 9.17) is 9.47 Å². The Balaban J connectivity index is 1.49. The highest BCUT2D eigenvalue weighted by Crippen LogP contribution is 2.62. The Hall–Kier alpha value is -0.930. The molecular weight excluding hydrogens is 312 g/mol. The first-order chi connectivity index (χ1) is 12.0. The molecule has 4 aliphatic carbocycles. The minimum Gasteiger partial charge on any atom is -0.344 e. The maximum Gasteiger partial charge on any atom is 0.188 e. The van der Waals surface area contributed by atoms with Crippen LogP contribution < -0.4 is 0 Å². The summed E-state index contributed by atoms with van der Waals surface area (Å²) in [6, 6.07) is 0. The van der Waals surface area contributed by atoms with E-state index in [2.05, 4.69) is 13.0 Å². The Morgan fingerprint density at radius 3 is 2.64 bits per heavy atom. The Labute approximate surface area is 150 Å². The van der Waals surface area contributed by atoms with Crippen LogP contribution in [0.5, 0.6) is 0 Å². The second-order valence-electron chi connectivity index (χ2n) is 9.18. The van der Waals surface area contributed by atoms with Crippen LogP contribution in [0, 0.1) is 23.2 Å². The largest absolute Gasteiger partial charge is 0.344 e. The summed E-state index contributed by atoms with van der Waals surface area (Å²) in [5, 5.41) is 0. The van der Waals surface area contributed by atoms with Gasteiger partial charge in [0.1, 0.15) is 5.78 Å². The average molecular weight is 342 g/mol. The molecular formula is C22H30O3. The number of fused-ring (bicyclic) bond motifs is 4. The van der Waals surface area contributed by atoms with Gasteiger partial charge in [0.2, 0.25) is 0 Å². The summed E-state index contributed by atoms with van der Waals surface area (Å²) in [6.07, 6.45) is 11.6. The molecule has 1 spiro atoms. The number of carbonyl (C=O) groups excluding carboxylic acids is 1. The SMILES string of the molecule is CC(=O)[C@H]1CCC2C3CCC4=CC5(CCC4=C3CCC21C)OCCO5. The van der Waals surface area contributed by atoms with Crippen LogP contribution in [0.4, 0.5) is 0 Å². The van der Waals surface area contributed by atoms with Gasteiger partial charge in [-0.25, -0.2) is 0 Å². The summed E-state index contributed by atoms with van der Waals surface area (Å²) < 4.78 is 11.9. The second kappa shape index (κ2) is 5.53. The van der Waals surface area contributed by atoms with Crippen LogP contribution in [-0.4, -0.2) is 24.8 Å². The predicted octanol–water partition coefficient (Wildman–Crippen LogP) is 4.57. The molecule has 1 heterocycles. The summed E-state index contributed by atoms with van der Waals surface area (Å²) in [5.41, 5.74) is 5.12. The molecule has 0 amide bonds. The zero-order valence-corrected chi connectivity index (χ0v) is 15.6. The molecule has 1 aliphatic heterocycles. The van der Waals surface area contributed by atoms with Crippen molar-refractivity contribution in [3.8, 4) is 0 Å². The van der Waals surface area contributed by atoms with Crippen LogP contribution in [0.25, 0.3) is 0 Å². The lowest BCUT2D eigenvalue weighted by atomic mass is 9.55. The Bertz CT molecular complexity index is 667. The molecule has 3 fully saturated rings. The molecule has 0 aromatic carbocycles. The zero-order chi connectivity index (χ0) is 17.2. The molecule has 0 radical (unpaired) electrons. The van der Waals surface area contributed by atoms with Gasteiger partial charge in [0.05, 0.1) is 13.2 Å². The normalized spacial score (nSPS) is 42.0. The monoisotopic (exact) mass is 342 g/mol. The first-order valence-corrected chi connectivity index (χ1v) is 10.2. The third-order valence-corrected chi connectivity index (χ3v) is 8.16. The standard InChI is InChI=1S/C22H30O3/c1-14(23)19-5-6-20-18-4-3-15-13-22(24-11-12-25-22)10-8-16(15)17(18)7-9-21(19,20)2/h13,18-20H,3-12H2,1-2H3/t18?,19-,20?,21?/m1/s1. The van der Waals surface area contributed by atoms with Crippen molar-refractivity contribution in [2.45, 2.75) is 71.0 Å². The molecule has 3 nitrogen and oxygen atoms in total. The molecule has 3 heteroatoms. The molecule has 4 atom stereocenters. The highest BCUT2D eigenvalue weighted by atomic mass is 16.7. The first kappa shape index (κ1) is 16.3. The van der Waals surface area contributed by atoms with Crippen molar-refractivity contribution in [2.75, 3.05) is 13.2 Å². The van der Waals surface area contributed by atoms with Gasteiger partial charge in [-0.1, -0.05) is 12.5 Å². The van der Waals surface area contributed by atoms with Crippen LogP contribution >= 0.6 is 0 Å². The van der Waals surface area contributed by atoms with Gasteiger partial charge in [-0.3, -0.25) is 4.79 Å². The second-order valence-corrected chi connectivity index (χ2v) is 9.18. The van der Waals surface area contributed by atoms with E-state index in [-0.39, 0.29) is 5.41 Å². The summed E-state index contributed by atoms with van der Waals surface area (Å²) >= 11 is 0. The molecule has 0 aromatic rings. The highest BCUT2D eigenvalue weighted by Gasteiger charge is 2.55. The molecule has 5 rings (SSSR count). The number of Topliss-reactive ketones (excluding diaryl/α,β-unsaturated/α-hetero) is 1. The number of hydrogen-bond donors (Lipinski definition) is 0. The van der Waals surface area contributed by atoms with Crippen LogP contribution in [0.15, 0.2) is 22.8 Å². The smallest absolute Gasteiger partial charge is 0.188 e. The molecule has 0 N–H and O–H groups in total. The number of ketones is 1. The minimum absolute atomic E-state index is 0.245. The Morgan fingerprint density at radius 2 is 1.88 bits per heavy atom. The van der Waals surface area contributed by atoms with E-state index >= 15 is 0 Å². The molecule has 3 unspecified atom stereocenters. The van der Waals surface area contributed by atoms with Crippen molar-refractivity contribution in [1.29, 1.82) is 0 Å². The van der Waals surface area contributed by atoms with Gasteiger partial charge in [-0.05, 0) is 86.3 Å². The Kier molecular flexibility index (Phi) is 3.60. The van der Waals surface area contributed by atoms with Crippen LogP contribution in [-0.2, 0) is 14.3 Å². The lowest BCUT2D eigenvalue weighted by Crippen LogP contribution is -2.42. The zero-order valence-electron chi connectivity index (χ0n) is 15.6. The van der Waals surface area contributed by atoms with Crippen molar-refractivity contribution in [1.82, 2.24) is 0 Å². The van der Waals surface area contributed by atoms with Crippen LogP contribution in [0.2, 0.25) is 0 Å². The van der Waals surface area contributed by atoms with Gasteiger partial charge in [-0.15, -0.1) is 0 Å². The lowest BCUT2D eigenvalue weighted by molar-refractivity contribution is -0.125.